The molecule has 0 radical (unpaired) electrons. The third-order valence-corrected chi connectivity index (χ3v) is 4.14. The molecule has 0 unspecified atom stereocenters. The molecule has 26 heavy (non-hydrogen) atoms. The fourth-order valence-electron chi connectivity index (χ4n) is 1.48. The molecule has 0 heterocycles. The quantitative estimate of drug-likeness (QED) is 0.305. The van der Waals surface area contributed by atoms with E-state index in [9.17, 15) is 34.8 Å². The highest BCUT2D eigenvalue weighted by atomic mass is 32.2. The van der Waals surface area contributed by atoms with E-state index in [0.717, 1.165) is 24.3 Å². The number of alkyl halides is 6. The van der Waals surface area contributed by atoms with Gasteiger partial charge in [0.2, 0.25) is 0 Å². The van der Waals surface area contributed by atoms with Crippen LogP contribution < -0.4 is 8.92 Å². The molecule has 1 rings (SSSR count). The Morgan fingerprint density at radius 2 is 1.31 bits per heavy atom. The third kappa shape index (κ3) is 4.49. The lowest BCUT2D eigenvalue weighted by atomic mass is 10.2. The number of halogens is 6. The van der Waals surface area contributed by atoms with Crippen LogP contribution >= 0.6 is 12.9 Å². The van der Waals surface area contributed by atoms with Crippen LogP contribution in [0.4, 0.5) is 26.3 Å². The Morgan fingerprint density at radius 1 is 0.885 bits per heavy atom. The van der Waals surface area contributed by atoms with Gasteiger partial charge in [-0.3, -0.25) is 0 Å². The Labute approximate surface area is 151 Å². The van der Waals surface area contributed by atoms with Crippen molar-refractivity contribution >= 4 is 23.0 Å². The average molecular weight is 428 g/mol. The number of benzene rings is 1. The molecule has 0 fully saturated rings. The van der Waals surface area contributed by atoms with Gasteiger partial charge in [0.05, 0.1) is 0 Å². The molecule has 0 aliphatic rings. The highest BCUT2D eigenvalue weighted by molar-refractivity contribution is 7.88. The fraction of sp³-hybridized carbons (Fsp3) is 0.538. The first-order valence-electron chi connectivity index (χ1n) is 6.66. The predicted molar refractivity (Wildman–Crippen MR) is 81.3 cm³/mol. The fourth-order valence-corrected chi connectivity index (χ4v) is 2.50. The molecule has 0 atom stereocenters. The molecule has 0 amide bonds. The first kappa shape index (κ1) is 22.7. The van der Waals surface area contributed by atoms with E-state index in [4.69, 9.17) is 4.74 Å². The van der Waals surface area contributed by atoms with Crippen molar-refractivity contribution in [1.29, 1.82) is 0 Å². The Bertz CT molecular complexity index is 728. The van der Waals surface area contributed by atoms with Gasteiger partial charge in [-0.05, 0) is 57.9 Å². The Hall–Kier alpha value is -1.34. The standard InChI is InChI=1S/C13H14F6O5S2/c1-10(2,3)22-8-4-6-9(7-5-8)23-26(20,21)13(18,19)11(14,15)12(16,17)24-25/h4-7,25H,1-3H3. The maximum atomic E-state index is 13.6. The second-order valence-electron chi connectivity index (χ2n) is 5.92. The predicted octanol–water partition coefficient (Wildman–Crippen LogP) is 4.25. The topological polar surface area (TPSA) is 61.8 Å². The SMILES string of the molecule is CC(C)(C)Oc1ccc(OS(=O)(=O)C(F)(F)C(F)(F)C(F)(F)OS)cc1. The summed E-state index contributed by atoms with van der Waals surface area (Å²) in [6.45, 7) is 5.07. The lowest BCUT2D eigenvalue weighted by Gasteiger charge is -2.29. The monoisotopic (exact) mass is 428 g/mol. The Balaban J connectivity index is 3.11. The summed E-state index contributed by atoms with van der Waals surface area (Å²) in [5.74, 6) is -7.10. The molecule has 0 bridgehead atoms. The zero-order valence-electron chi connectivity index (χ0n) is 13.5. The Morgan fingerprint density at radius 3 is 1.69 bits per heavy atom. The Kier molecular flexibility index (Phi) is 6.11. The number of rotatable bonds is 7. The minimum absolute atomic E-state index is 0.189. The van der Waals surface area contributed by atoms with Crippen LogP contribution in [-0.2, 0) is 14.3 Å². The van der Waals surface area contributed by atoms with E-state index in [2.05, 4.69) is 21.3 Å². The molecule has 1 aromatic rings. The summed E-state index contributed by atoms with van der Waals surface area (Å²) in [6.07, 6.45) is -5.89. The zero-order chi connectivity index (χ0) is 20.6. The number of thiol groups is 1. The molecule has 1 aromatic carbocycles. The molecule has 13 heteroatoms. The lowest BCUT2D eigenvalue weighted by Crippen LogP contribution is -2.58. The summed E-state index contributed by atoms with van der Waals surface area (Å²) in [4.78, 5) is 0. The summed E-state index contributed by atoms with van der Waals surface area (Å²) in [5.41, 5.74) is -0.637. The van der Waals surface area contributed by atoms with E-state index in [1.165, 1.54) is 0 Å². The van der Waals surface area contributed by atoms with Gasteiger partial charge in [0.1, 0.15) is 17.1 Å². The first-order chi connectivity index (χ1) is 11.5. The van der Waals surface area contributed by atoms with E-state index in [0.29, 0.717) is 0 Å². The van der Waals surface area contributed by atoms with Crippen molar-refractivity contribution in [2.45, 2.75) is 43.7 Å². The highest BCUT2D eigenvalue weighted by Crippen LogP contribution is 2.49. The van der Waals surface area contributed by atoms with Gasteiger partial charge in [-0.15, -0.1) is 0 Å². The van der Waals surface area contributed by atoms with E-state index >= 15 is 0 Å². The van der Waals surface area contributed by atoms with Crippen LogP contribution in [-0.4, -0.2) is 31.3 Å². The molecule has 0 N–H and O–H groups in total. The van der Waals surface area contributed by atoms with E-state index in [1.807, 2.05) is 0 Å². The molecule has 0 aromatic heterocycles. The average Bonchev–Trinajstić information content (AvgIpc) is 2.47. The van der Waals surface area contributed by atoms with E-state index in [-0.39, 0.29) is 5.75 Å². The molecule has 5 nitrogen and oxygen atoms in total. The van der Waals surface area contributed by atoms with Crippen molar-refractivity contribution in [2.75, 3.05) is 0 Å². The number of hydrogen-bond acceptors (Lipinski definition) is 6. The van der Waals surface area contributed by atoms with E-state index < -0.39 is 38.8 Å². The summed E-state index contributed by atoms with van der Waals surface area (Å²) < 4.78 is 114. The molecule has 0 spiro atoms. The lowest BCUT2D eigenvalue weighted by molar-refractivity contribution is -0.348. The van der Waals surface area contributed by atoms with Crippen LogP contribution in [0.1, 0.15) is 20.8 Å². The summed E-state index contributed by atoms with van der Waals surface area (Å²) >= 11 is 2.35. The van der Waals surface area contributed by atoms with Crippen LogP contribution in [0.2, 0.25) is 0 Å². The zero-order valence-corrected chi connectivity index (χ0v) is 15.2. The number of hydrogen-bond donors (Lipinski definition) is 1. The van der Waals surface area contributed by atoms with Crippen molar-refractivity contribution < 1.29 is 47.9 Å². The third-order valence-electron chi connectivity index (χ3n) is 2.61. The molecule has 0 aliphatic heterocycles. The molecule has 0 saturated heterocycles. The minimum Gasteiger partial charge on any atom is -0.488 e. The highest BCUT2D eigenvalue weighted by Gasteiger charge is 2.80. The van der Waals surface area contributed by atoms with Crippen LogP contribution in [0, 0.1) is 0 Å². The number of ether oxygens (including phenoxy) is 1. The van der Waals surface area contributed by atoms with Crippen molar-refractivity contribution in [3.8, 4) is 11.5 Å². The van der Waals surface area contributed by atoms with Crippen LogP contribution in [0.3, 0.4) is 0 Å². The van der Waals surface area contributed by atoms with Gasteiger partial charge in [0.25, 0.3) is 0 Å². The molecular weight excluding hydrogens is 414 g/mol. The maximum absolute atomic E-state index is 13.6. The molecule has 0 aliphatic carbocycles. The minimum atomic E-state index is -6.53. The van der Waals surface area contributed by atoms with Crippen LogP contribution in [0.15, 0.2) is 24.3 Å². The normalized spacial score (nSPS) is 14.2. The van der Waals surface area contributed by atoms with Gasteiger partial charge in [-0.2, -0.15) is 34.8 Å². The second kappa shape index (κ2) is 7.00. The van der Waals surface area contributed by atoms with Gasteiger partial charge < -0.3 is 8.92 Å². The van der Waals surface area contributed by atoms with Crippen molar-refractivity contribution in [1.82, 2.24) is 0 Å². The summed E-state index contributed by atoms with van der Waals surface area (Å²) in [7, 11) is -6.53. The van der Waals surface area contributed by atoms with Gasteiger partial charge >= 0.3 is 27.4 Å². The first-order valence-corrected chi connectivity index (χ1v) is 8.43. The maximum Gasteiger partial charge on any atom is 0.452 e. The second-order valence-corrected chi connectivity index (χ2v) is 7.69. The van der Waals surface area contributed by atoms with Crippen molar-refractivity contribution in [3.05, 3.63) is 24.3 Å². The largest absolute Gasteiger partial charge is 0.488 e. The van der Waals surface area contributed by atoms with Crippen LogP contribution in [0.25, 0.3) is 0 Å². The van der Waals surface area contributed by atoms with Gasteiger partial charge in [0, 0.05) is 0 Å². The molecule has 150 valence electrons. The van der Waals surface area contributed by atoms with Gasteiger partial charge in [0.15, 0.2) is 0 Å². The van der Waals surface area contributed by atoms with Crippen molar-refractivity contribution in [3.63, 3.8) is 0 Å². The molecular formula is C13H14F6O5S2. The van der Waals surface area contributed by atoms with Crippen molar-refractivity contribution in [2.24, 2.45) is 0 Å². The van der Waals surface area contributed by atoms with Gasteiger partial charge in [-0.25, -0.2) is 4.18 Å². The van der Waals surface area contributed by atoms with Gasteiger partial charge in [-0.1, -0.05) is 0 Å². The summed E-state index contributed by atoms with van der Waals surface area (Å²) in [6, 6.07) is 3.86. The van der Waals surface area contributed by atoms with E-state index in [1.54, 1.807) is 20.8 Å². The smallest absolute Gasteiger partial charge is 0.452 e. The summed E-state index contributed by atoms with van der Waals surface area (Å²) in [5, 5.41) is -6.33. The molecule has 0 saturated carbocycles. The van der Waals surface area contributed by atoms with Crippen LogP contribution in [0.5, 0.6) is 11.5 Å².